The van der Waals surface area contributed by atoms with Crippen molar-refractivity contribution in [2.75, 3.05) is 4.90 Å². The number of anilines is 1. The zero-order valence-electron chi connectivity index (χ0n) is 10.5. The summed E-state index contributed by atoms with van der Waals surface area (Å²) in [6, 6.07) is 2.27. The van der Waals surface area contributed by atoms with Gasteiger partial charge in [-0.3, -0.25) is 4.90 Å². The van der Waals surface area contributed by atoms with Gasteiger partial charge in [0.1, 0.15) is 0 Å². The summed E-state index contributed by atoms with van der Waals surface area (Å²) in [6.45, 7) is 4.96. The first-order chi connectivity index (χ1) is 8.55. The van der Waals surface area contributed by atoms with Gasteiger partial charge in [-0.2, -0.15) is 0 Å². The number of rotatable bonds is 2. The van der Waals surface area contributed by atoms with Gasteiger partial charge in [-0.05, 0) is 48.8 Å². The standard InChI is InChI=1S/C12H13BrClF2NO2/c1-12(2,3)17(11(18)19)8-5-6(10(15)16)4-7(13)9(8)14/h4-5,10H,1-3H3,(H,18,19). The minimum atomic E-state index is -2.71. The van der Waals surface area contributed by atoms with Gasteiger partial charge in [0.05, 0.1) is 10.7 Å². The van der Waals surface area contributed by atoms with E-state index in [1.165, 1.54) is 6.07 Å². The van der Waals surface area contributed by atoms with Crippen LogP contribution in [0.15, 0.2) is 16.6 Å². The van der Waals surface area contributed by atoms with Crippen LogP contribution in [-0.4, -0.2) is 16.7 Å². The van der Waals surface area contributed by atoms with Crippen LogP contribution in [0.1, 0.15) is 32.8 Å². The number of benzene rings is 1. The number of carbonyl (C=O) groups is 1. The predicted molar refractivity (Wildman–Crippen MR) is 74.4 cm³/mol. The van der Waals surface area contributed by atoms with Crippen LogP contribution in [0, 0.1) is 0 Å². The van der Waals surface area contributed by atoms with Crippen LogP contribution in [0.2, 0.25) is 5.02 Å². The number of hydrogen-bond donors (Lipinski definition) is 1. The summed E-state index contributed by atoms with van der Waals surface area (Å²) in [5, 5.41) is 9.36. The molecule has 0 aliphatic carbocycles. The molecule has 0 aliphatic rings. The highest BCUT2D eigenvalue weighted by atomic mass is 79.9. The van der Waals surface area contributed by atoms with E-state index in [-0.39, 0.29) is 20.7 Å². The van der Waals surface area contributed by atoms with E-state index in [1.807, 2.05) is 0 Å². The van der Waals surface area contributed by atoms with Crippen LogP contribution in [-0.2, 0) is 0 Å². The summed E-state index contributed by atoms with van der Waals surface area (Å²) in [7, 11) is 0. The fraction of sp³-hybridized carbons (Fsp3) is 0.417. The fourth-order valence-electron chi connectivity index (χ4n) is 1.63. The second-order valence-corrected chi connectivity index (χ2v) is 6.16. The predicted octanol–water partition coefficient (Wildman–Crippen LogP) is 5.32. The average Bonchev–Trinajstić information content (AvgIpc) is 2.21. The number of carboxylic acid groups (broad SMARTS) is 1. The van der Waals surface area contributed by atoms with E-state index in [0.29, 0.717) is 0 Å². The van der Waals surface area contributed by atoms with E-state index < -0.39 is 18.1 Å². The quantitative estimate of drug-likeness (QED) is 0.778. The average molecular weight is 357 g/mol. The van der Waals surface area contributed by atoms with Crippen molar-refractivity contribution in [1.29, 1.82) is 0 Å². The molecule has 1 aromatic rings. The van der Waals surface area contributed by atoms with Crippen molar-refractivity contribution in [3.05, 3.63) is 27.2 Å². The Morgan fingerprint density at radius 1 is 1.42 bits per heavy atom. The molecule has 0 atom stereocenters. The molecule has 0 unspecified atom stereocenters. The molecule has 0 fully saturated rings. The van der Waals surface area contributed by atoms with Gasteiger partial charge in [-0.1, -0.05) is 11.6 Å². The Hall–Kier alpha value is -0.880. The third kappa shape index (κ3) is 3.57. The maximum atomic E-state index is 12.8. The molecule has 0 bridgehead atoms. The van der Waals surface area contributed by atoms with E-state index in [2.05, 4.69) is 15.9 Å². The highest BCUT2D eigenvalue weighted by Gasteiger charge is 2.31. The smallest absolute Gasteiger partial charge is 0.412 e. The number of halogens is 4. The van der Waals surface area contributed by atoms with E-state index >= 15 is 0 Å². The highest BCUT2D eigenvalue weighted by molar-refractivity contribution is 9.10. The minimum Gasteiger partial charge on any atom is -0.465 e. The van der Waals surface area contributed by atoms with Crippen molar-refractivity contribution in [1.82, 2.24) is 0 Å². The largest absolute Gasteiger partial charge is 0.465 e. The molecule has 106 valence electrons. The topological polar surface area (TPSA) is 40.5 Å². The zero-order chi connectivity index (χ0) is 15.0. The van der Waals surface area contributed by atoms with Crippen LogP contribution in [0.25, 0.3) is 0 Å². The lowest BCUT2D eigenvalue weighted by Gasteiger charge is -2.34. The molecule has 0 aliphatic heterocycles. The van der Waals surface area contributed by atoms with E-state index in [1.54, 1.807) is 20.8 Å². The lowest BCUT2D eigenvalue weighted by atomic mass is 10.0. The van der Waals surface area contributed by atoms with Crippen LogP contribution in [0.5, 0.6) is 0 Å². The molecule has 0 radical (unpaired) electrons. The van der Waals surface area contributed by atoms with Crippen LogP contribution in [0.4, 0.5) is 19.3 Å². The second kappa shape index (κ2) is 5.63. The Balaban J connectivity index is 3.50. The Morgan fingerprint density at radius 3 is 2.32 bits per heavy atom. The van der Waals surface area contributed by atoms with Crippen molar-refractivity contribution in [2.45, 2.75) is 32.7 Å². The van der Waals surface area contributed by atoms with Crippen LogP contribution in [0.3, 0.4) is 0 Å². The minimum absolute atomic E-state index is 0.0336. The molecule has 1 N–H and O–H groups in total. The third-order valence-corrected chi connectivity index (χ3v) is 3.64. The molecule has 1 rings (SSSR count). The Labute approximate surface area is 123 Å². The van der Waals surface area contributed by atoms with Gasteiger partial charge in [0.15, 0.2) is 0 Å². The second-order valence-electron chi connectivity index (χ2n) is 4.93. The SMILES string of the molecule is CC(C)(C)N(C(=O)O)c1cc(C(F)F)cc(Br)c1Cl. The summed E-state index contributed by atoms with van der Waals surface area (Å²) >= 11 is 9.08. The molecule has 19 heavy (non-hydrogen) atoms. The lowest BCUT2D eigenvalue weighted by Crippen LogP contribution is -2.45. The Morgan fingerprint density at radius 2 is 1.95 bits per heavy atom. The molecule has 0 spiro atoms. The monoisotopic (exact) mass is 355 g/mol. The number of alkyl halides is 2. The number of amides is 1. The summed E-state index contributed by atoms with van der Waals surface area (Å²) < 4.78 is 25.8. The third-order valence-electron chi connectivity index (χ3n) is 2.39. The van der Waals surface area contributed by atoms with Crippen molar-refractivity contribution < 1.29 is 18.7 Å². The molecule has 0 saturated carbocycles. The first kappa shape index (κ1) is 16.2. The van der Waals surface area contributed by atoms with Crippen LogP contribution < -0.4 is 4.90 Å². The molecule has 0 heterocycles. The molecule has 0 saturated heterocycles. The van der Waals surface area contributed by atoms with E-state index in [9.17, 15) is 18.7 Å². The van der Waals surface area contributed by atoms with Gasteiger partial charge < -0.3 is 5.11 Å². The zero-order valence-corrected chi connectivity index (χ0v) is 12.9. The number of nitrogens with zero attached hydrogens (tertiary/aromatic N) is 1. The highest BCUT2D eigenvalue weighted by Crippen LogP contribution is 2.39. The van der Waals surface area contributed by atoms with Crippen molar-refractivity contribution in [3.8, 4) is 0 Å². The van der Waals surface area contributed by atoms with Gasteiger partial charge in [0.25, 0.3) is 6.43 Å². The molecular formula is C12H13BrClF2NO2. The Bertz CT molecular complexity index is 503. The Kier molecular flexibility index (Phi) is 4.79. The summed E-state index contributed by atoms with van der Waals surface area (Å²) in [5.41, 5.74) is -1.07. The summed E-state index contributed by atoms with van der Waals surface area (Å²) in [6.07, 6.45) is -3.96. The lowest BCUT2D eigenvalue weighted by molar-refractivity contribution is 0.151. The van der Waals surface area contributed by atoms with E-state index in [4.69, 9.17) is 11.6 Å². The molecule has 1 amide bonds. The molecule has 3 nitrogen and oxygen atoms in total. The summed E-state index contributed by atoms with van der Waals surface area (Å²) in [5.74, 6) is 0. The van der Waals surface area contributed by atoms with Gasteiger partial charge in [-0.25, -0.2) is 13.6 Å². The van der Waals surface area contributed by atoms with Crippen molar-refractivity contribution in [3.63, 3.8) is 0 Å². The molecule has 7 heteroatoms. The maximum absolute atomic E-state index is 12.8. The fourth-order valence-corrected chi connectivity index (χ4v) is 2.30. The van der Waals surface area contributed by atoms with Gasteiger partial charge in [0, 0.05) is 15.6 Å². The van der Waals surface area contributed by atoms with E-state index in [0.717, 1.165) is 11.0 Å². The number of hydrogen-bond acceptors (Lipinski definition) is 1. The van der Waals surface area contributed by atoms with Gasteiger partial charge >= 0.3 is 6.09 Å². The maximum Gasteiger partial charge on any atom is 0.412 e. The van der Waals surface area contributed by atoms with Crippen molar-refractivity contribution in [2.24, 2.45) is 0 Å². The van der Waals surface area contributed by atoms with Crippen LogP contribution >= 0.6 is 27.5 Å². The first-order valence-electron chi connectivity index (χ1n) is 5.36. The first-order valence-corrected chi connectivity index (χ1v) is 6.53. The molecule has 0 aromatic heterocycles. The summed E-state index contributed by atoms with van der Waals surface area (Å²) in [4.78, 5) is 12.3. The molecule has 1 aromatic carbocycles. The normalized spacial score (nSPS) is 11.8. The molecular weight excluding hydrogens is 343 g/mol. The van der Waals surface area contributed by atoms with Gasteiger partial charge in [0.2, 0.25) is 0 Å². The van der Waals surface area contributed by atoms with Gasteiger partial charge in [-0.15, -0.1) is 0 Å². The van der Waals surface area contributed by atoms with Crippen molar-refractivity contribution >= 4 is 39.3 Å².